The quantitative estimate of drug-likeness (QED) is 0.325. The maximum absolute atomic E-state index is 13.9. The van der Waals surface area contributed by atoms with Gasteiger partial charge in [0.15, 0.2) is 5.60 Å². The molecule has 2 aliphatic rings. The molecule has 0 radical (unpaired) electrons. The van der Waals surface area contributed by atoms with Crippen LogP contribution in [0.2, 0.25) is 0 Å². The van der Waals surface area contributed by atoms with Gasteiger partial charge >= 0.3 is 5.97 Å². The summed E-state index contributed by atoms with van der Waals surface area (Å²) in [7, 11) is 0. The van der Waals surface area contributed by atoms with Crippen molar-refractivity contribution in [2.75, 3.05) is 18.0 Å². The second-order valence-corrected chi connectivity index (χ2v) is 12.8. The van der Waals surface area contributed by atoms with Crippen LogP contribution in [0, 0.1) is 5.92 Å². The van der Waals surface area contributed by atoms with Crippen LogP contribution in [0.1, 0.15) is 65.9 Å². The van der Waals surface area contributed by atoms with Gasteiger partial charge in [-0.05, 0) is 89.6 Å². The summed E-state index contributed by atoms with van der Waals surface area (Å²) in [5.41, 5.74) is 2.47. The summed E-state index contributed by atoms with van der Waals surface area (Å²) in [5.74, 6) is 0.379. The standard InChI is InChI=1S/C33H42N4O4/c1-32(2,3)41-31(39)33(4,5)40-28-10-6-9-27(20-28)36-19-7-8-25(22-36)30(38)37(26-15-16-26)21-23-11-13-24(14-12-23)29-17-18-34-35-29/h6,9-14,17-18,20,25-26H,7-8,15-16,19,21-22H2,1-5H3,(H,34,35). The molecule has 2 fully saturated rings. The molecule has 1 aromatic heterocycles. The summed E-state index contributed by atoms with van der Waals surface area (Å²) in [6, 6.07) is 18.5. The molecule has 0 spiro atoms. The summed E-state index contributed by atoms with van der Waals surface area (Å²) < 4.78 is 11.7. The first-order valence-corrected chi connectivity index (χ1v) is 14.7. The Morgan fingerprint density at radius 3 is 2.44 bits per heavy atom. The van der Waals surface area contributed by atoms with Crippen LogP contribution in [0.15, 0.2) is 60.8 Å². The van der Waals surface area contributed by atoms with Crippen LogP contribution in [0.3, 0.4) is 0 Å². The topological polar surface area (TPSA) is 87.8 Å². The minimum Gasteiger partial charge on any atom is -0.476 e. The summed E-state index contributed by atoms with van der Waals surface area (Å²) in [5, 5.41) is 7.04. The zero-order valence-electron chi connectivity index (χ0n) is 24.9. The third-order valence-electron chi connectivity index (χ3n) is 7.61. The fourth-order valence-corrected chi connectivity index (χ4v) is 5.30. The number of aromatic nitrogens is 2. The summed E-state index contributed by atoms with van der Waals surface area (Å²) in [6.45, 7) is 11.2. The van der Waals surface area contributed by atoms with E-state index in [4.69, 9.17) is 9.47 Å². The number of amides is 1. The Bertz CT molecular complexity index is 1340. The Hall–Kier alpha value is -3.81. The third kappa shape index (κ3) is 7.29. The van der Waals surface area contributed by atoms with Crippen molar-refractivity contribution in [3.8, 4) is 17.0 Å². The van der Waals surface area contributed by atoms with Crippen LogP contribution < -0.4 is 9.64 Å². The molecule has 1 aliphatic carbocycles. The van der Waals surface area contributed by atoms with E-state index in [1.54, 1.807) is 20.0 Å². The van der Waals surface area contributed by atoms with Crippen molar-refractivity contribution in [2.45, 2.75) is 84.1 Å². The highest BCUT2D eigenvalue weighted by Crippen LogP contribution is 2.34. The van der Waals surface area contributed by atoms with Gasteiger partial charge in [0.1, 0.15) is 11.4 Å². The second kappa shape index (κ2) is 11.6. The molecule has 1 amide bonds. The molecule has 8 nitrogen and oxygen atoms in total. The molecular weight excluding hydrogens is 516 g/mol. The lowest BCUT2D eigenvalue weighted by molar-refractivity contribution is -0.170. The Kier molecular flexibility index (Phi) is 8.11. The highest BCUT2D eigenvalue weighted by atomic mass is 16.6. The van der Waals surface area contributed by atoms with E-state index >= 15 is 0 Å². The monoisotopic (exact) mass is 558 g/mol. The van der Waals surface area contributed by atoms with Gasteiger partial charge < -0.3 is 19.3 Å². The van der Waals surface area contributed by atoms with Crippen LogP contribution in [-0.4, -0.2) is 57.3 Å². The van der Waals surface area contributed by atoms with Gasteiger partial charge in [-0.3, -0.25) is 9.89 Å². The van der Waals surface area contributed by atoms with E-state index in [9.17, 15) is 9.59 Å². The van der Waals surface area contributed by atoms with Crippen LogP contribution in [0.25, 0.3) is 11.3 Å². The first-order valence-electron chi connectivity index (χ1n) is 14.7. The van der Waals surface area contributed by atoms with Crippen molar-refractivity contribution in [2.24, 2.45) is 5.92 Å². The first kappa shape index (κ1) is 28.7. The number of ether oxygens (including phenoxy) is 2. The maximum atomic E-state index is 13.9. The zero-order chi connectivity index (χ0) is 29.2. The van der Waals surface area contributed by atoms with Crippen molar-refractivity contribution in [3.05, 3.63) is 66.4 Å². The normalized spacial score (nSPS) is 17.7. The van der Waals surface area contributed by atoms with Gasteiger partial charge in [-0.2, -0.15) is 5.10 Å². The molecule has 2 heterocycles. The summed E-state index contributed by atoms with van der Waals surface area (Å²) >= 11 is 0. The van der Waals surface area contributed by atoms with E-state index in [2.05, 4.69) is 44.3 Å². The van der Waals surface area contributed by atoms with Crippen LogP contribution >= 0.6 is 0 Å². The number of rotatable bonds is 9. The molecule has 8 heteroatoms. The highest BCUT2D eigenvalue weighted by molar-refractivity contribution is 5.81. The summed E-state index contributed by atoms with van der Waals surface area (Å²) in [4.78, 5) is 30.9. The van der Waals surface area contributed by atoms with Gasteiger partial charge in [0.25, 0.3) is 0 Å². The lowest BCUT2D eigenvalue weighted by Gasteiger charge is -2.37. The number of esters is 1. The molecule has 0 bridgehead atoms. The number of hydrogen-bond acceptors (Lipinski definition) is 6. The molecule has 2 aromatic carbocycles. The molecule has 3 aromatic rings. The predicted octanol–water partition coefficient (Wildman–Crippen LogP) is 5.98. The first-order chi connectivity index (χ1) is 19.5. The fourth-order valence-electron chi connectivity index (χ4n) is 5.30. The largest absolute Gasteiger partial charge is 0.476 e. The maximum Gasteiger partial charge on any atom is 0.350 e. The average Bonchev–Trinajstić information content (AvgIpc) is 3.63. The van der Waals surface area contributed by atoms with Gasteiger partial charge in [0.2, 0.25) is 5.91 Å². The van der Waals surface area contributed by atoms with E-state index in [0.717, 1.165) is 54.7 Å². The minimum atomic E-state index is -1.13. The van der Waals surface area contributed by atoms with Crippen molar-refractivity contribution >= 4 is 17.6 Å². The van der Waals surface area contributed by atoms with Gasteiger partial charge in [0.05, 0.1) is 11.6 Å². The van der Waals surface area contributed by atoms with E-state index < -0.39 is 17.2 Å². The van der Waals surface area contributed by atoms with Gasteiger partial charge in [-0.1, -0.05) is 30.3 Å². The third-order valence-corrected chi connectivity index (χ3v) is 7.61. The smallest absolute Gasteiger partial charge is 0.350 e. The predicted molar refractivity (Wildman–Crippen MR) is 160 cm³/mol. The SMILES string of the molecule is CC(C)(C)OC(=O)C(C)(C)Oc1cccc(N2CCCC(C(=O)N(Cc3ccc(-c4ccn[nH]4)cc3)C3CC3)C2)c1. The Balaban J connectivity index is 1.24. The number of aromatic amines is 1. The number of carbonyl (C=O) groups excluding carboxylic acids is 2. The molecule has 1 saturated heterocycles. The summed E-state index contributed by atoms with van der Waals surface area (Å²) in [6.07, 6.45) is 5.72. The number of nitrogens with zero attached hydrogens (tertiary/aromatic N) is 3. The average molecular weight is 559 g/mol. The van der Waals surface area contributed by atoms with E-state index in [1.807, 2.05) is 51.1 Å². The number of anilines is 1. The Morgan fingerprint density at radius 1 is 1.02 bits per heavy atom. The molecule has 5 rings (SSSR count). The molecule has 1 unspecified atom stereocenters. The number of carbonyl (C=O) groups is 2. The fraction of sp³-hybridized carbons (Fsp3) is 0.485. The second-order valence-electron chi connectivity index (χ2n) is 12.8. The highest BCUT2D eigenvalue weighted by Gasteiger charge is 2.38. The molecule has 1 aliphatic heterocycles. The van der Waals surface area contributed by atoms with Gasteiger partial charge in [0, 0.05) is 43.6 Å². The lowest BCUT2D eigenvalue weighted by atomic mass is 9.95. The van der Waals surface area contributed by atoms with Crippen molar-refractivity contribution in [3.63, 3.8) is 0 Å². The Labute approximate surface area is 243 Å². The van der Waals surface area contributed by atoms with Crippen molar-refractivity contribution in [1.29, 1.82) is 0 Å². The molecule has 41 heavy (non-hydrogen) atoms. The number of benzene rings is 2. The Morgan fingerprint density at radius 2 is 1.78 bits per heavy atom. The molecule has 218 valence electrons. The van der Waals surface area contributed by atoms with Crippen LogP contribution in [-0.2, 0) is 20.9 Å². The lowest BCUT2D eigenvalue weighted by Crippen LogP contribution is -2.45. The van der Waals surface area contributed by atoms with Crippen molar-refractivity contribution < 1.29 is 19.1 Å². The molecular formula is C33H42N4O4. The zero-order valence-corrected chi connectivity index (χ0v) is 24.9. The van der Waals surface area contributed by atoms with E-state index in [1.165, 1.54) is 0 Å². The van der Waals surface area contributed by atoms with Crippen LogP contribution in [0.5, 0.6) is 5.75 Å². The van der Waals surface area contributed by atoms with E-state index in [0.29, 0.717) is 24.9 Å². The molecule has 1 atom stereocenters. The van der Waals surface area contributed by atoms with Gasteiger partial charge in [-0.15, -0.1) is 0 Å². The molecule has 1 N–H and O–H groups in total. The molecule has 1 saturated carbocycles. The minimum absolute atomic E-state index is 0.0589. The number of H-pyrrole nitrogens is 1. The number of hydrogen-bond donors (Lipinski definition) is 1. The van der Waals surface area contributed by atoms with Crippen molar-refractivity contribution in [1.82, 2.24) is 15.1 Å². The number of piperidine rings is 1. The van der Waals surface area contributed by atoms with E-state index in [-0.39, 0.29) is 11.8 Å². The van der Waals surface area contributed by atoms with Crippen LogP contribution in [0.4, 0.5) is 5.69 Å². The van der Waals surface area contributed by atoms with Gasteiger partial charge in [-0.25, -0.2) is 4.79 Å². The number of nitrogens with one attached hydrogen (secondary N) is 1.